The third-order valence-electron chi connectivity index (χ3n) is 2.85. The number of non-ortho nitro benzene ring substituents is 1. The molecule has 0 saturated carbocycles. The van der Waals surface area contributed by atoms with Gasteiger partial charge in [-0.1, -0.05) is 24.3 Å². The highest BCUT2D eigenvalue weighted by atomic mass is 16.6. The van der Waals surface area contributed by atoms with Gasteiger partial charge in [0.05, 0.1) is 4.92 Å². The van der Waals surface area contributed by atoms with E-state index in [2.05, 4.69) is 0 Å². The largest absolute Gasteiger partial charge is 0.489 e. The molecule has 0 amide bonds. The predicted molar refractivity (Wildman–Crippen MR) is 74.7 cm³/mol. The standard InChI is InChI=1S/C15H15NO4/c17-9-8-12-4-6-15(7-5-12)20-11-13-2-1-3-14(10-13)16(18)19/h1-7,10,17H,8-9,11H2. The second kappa shape index (κ2) is 6.68. The molecule has 0 saturated heterocycles. The molecule has 2 aromatic rings. The summed E-state index contributed by atoms with van der Waals surface area (Å²) in [5.74, 6) is 0.693. The fourth-order valence-electron chi connectivity index (χ4n) is 1.81. The van der Waals surface area contributed by atoms with E-state index in [1.807, 2.05) is 24.3 Å². The molecular weight excluding hydrogens is 258 g/mol. The highest BCUT2D eigenvalue weighted by Gasteiger charge is 2.05. The molecule has 0 aliphatic heterocycles. The molecule has 104 valence electrons. The molecule has 0 spiro atoms. The Hall–Kier alpha value is -2.40. The van der Waals surface area contributed by atoms with E-state index in [1.54, 1.807) is 12.1 Å². The van der Waals surface area contributed by atoms with Crippen LogP contribution in [-0.4, -0.2) is 16.6 Å². The molecule has 20 heavy (non-hydrogen) atoms. The van der Waals surface area contributed by atoms with Gasteiger partial charge < -0.3 is 9.84 Å². The minimum Gasteiger partial charge on any atom is -0.489 e. The van der Waals surface area contributed by atoms with Gasteiger partial charge in [-0.25, -0.2) is 0 Å². The Kier molecular flexibility index (Phi) is 4.68. The van der Waals surface area contributed by atoms with Crippen molar-refractivity contribution in [2.24, 2.45) is 0 Å². The highest BCUT2D eigenvalue weighted by molar-refractivity contribution is 5.34. The average Bonchev–Trinajstić information content (AvgIpc) is 2.47. The molecular formula is C15H15NO4. The van der Waals surface area contributed by atoms with Gasteiger partial charge in [-0.15, -0.1) is 0 Å². The van der Waals surface area contributed by atoms with Crippen molar-refractivity contribution >= 4 is 5.69 Å². The summed E-state index contributed by atoms with van der Waals surface area (Å²) < 4.78 is 5.57. The molecule has 0 aliphatic carbocycles. The Labute approximate surface area is 116 Å². The van der Waals surface area contributed by atoms with Gasteiger partial charge in [0.15, 0.2) is 0 Å². The third kappa shape index (κ3) is 3.80. The maximum atomic E-state index is 10.7. The van der Waals surface area contributed by atoms with Crippen LogP contribution in [0.1, 0.15) is 11.1 Å². The van der Waals surface area contributed by atoms with E-state index in [1.165, 1.54) is 12.1 Å². The number of nitrogens with zero attached hydrogens (tertiary/aromatic N) is 1. The first-order valence-corrected chi connectivity index (χ1v) is 6.25. The molecule has 0 aliphatic rings. The summed E-state index contributed by atoms with van der Waals surface area (Å²) in [6.45, 7) is 0.398. The number of rotatable bonds is 6. The third-order valence-corrected chi connectivity index (χ3v) is 2.85. The maximum absolute atomic E-state index is 10.7. The summed E-state index contributed by atoms with van der Waals surface area (Å²) in [4.78, 5) is 10.2. The van der Waals surface area contributed by atoms with Gasteiger partial charge in [0, 0.05) is 18.7 Å². The summed E-state index contributed by atoms with van der Waals surface area (Å²) in [6.07, 6.45) is 0.616. The van der Waals surface area contributed by atoms with Crippen LogP contribution in [0.2, 0.25) is 0 Å². The van der Waals surface area contributed by atoms with Crippen LogP contribution in [0.15, 0.2) is 48.5 Å². The molecule has 0 heterocycles. The van der Waals surface area contributed by atoms with Gasteiger partial charge in [0.25, 0.3) is 5.69 Å². The smallest absolute Gasteiger partial charge is 0.269 e. The fourth-order valence-corrected chi connectivity index (χ4v) is 1.81. The Morgan fingerprint density at radius 2 is 1.85 bits per heavy atom. The minimum atomic E-state index is -0.423. The van der Waals surface area contributed by atoms with Crippen molar-refractivity contribution in [1.29, 1.82) is 0 Å². The Bertz CT molecular complexity index is 581. The summed E-state index contributed by atoms with van der Waals surface area (Å²) in [6, 6.07) is 13.8. The zero-order valence-corrected chi connectivity index (χ0v) is 10.9. The number of nitro benzene ring substituents is 1. The quantitative estimate of drug-likeness (QED) is 0.648. The number of aliphatic hydroxyl groups excluding tert-OH is 1. The van der Waals surface area contributed by atoms with Crippen LogP contribution in [0.5, 0.6) is 5.75 Å². The van der Waals surface area contributed by atoms with Crippen molar-refractivity contribution in [2.45, 2.75) is 13.0 Å². The van der Waals surface area contributed by atoms with Crippen LogP contribution in [0.4, 0.5) is 5.69 Å². The number of nitro groups is 1. The Morgan fingerprint density at radius 3 is 2.50 bits per heavy atom. The lowest BCUT2D eigenvalue weighted by Crippen LogP contribution is -1.97. The zero-order valence-electron chi connectivity index (χ0n) is 10.9. The van der Waals surface area contributed by atoms with Crippen LogP contribution >= 0.6 is 0 Å². The van der Waals surface area contributed by atoms with Crippen LogP contribution in [0.3, 0.4) is 0 Å². The topological polar surface area (TPSA) is 72.6 Å². The molecule has 0 atom stereocenters. The normalized spacial score (nSPS) is 10.2. The van der Waals surface area contributed by atoms with E-state index in [0.717, 1.165) is 11.1 Å². The highest BCUT2D eigenvalue weighted by Crippen LogP contribution is 2.17. The van der Waals surface area contributed by atoms with Crippen LogP contribution < -0.4 is 4.74 Å². The lowest BCUT2D eigenvalue weighted by molar-refractivity contribution is -0.384. The Morgan fingerprint density at radius 1 is 1.10 bits per heavy atom. The lowest BCUT2D eigenvalue weighted by Gasteiger charge is -2.07. The van der Waals surface area contributed by atoms with Gasteiger partial charge in [0.2, 0.25) is 0 Å². The van der Waals surface area contributed by atoms with E-state index in [9.17, 15) is 10.1 Å². The number of hydrogen-bond donors (Lipinski definition) is 1. The Balaban J connectivity index is 1.97. The van der Waals surface area contributed by atoms with Crippen molar-refractivity contribution < 1.29 is 14.8 Å². The SMILES string of the molecule is O=[N+]([O-])c1cccc(COc2ccc(CCO)cc2)c1. The molecule has 0 radical (unpaired) electrons. The van der Waals surface area contributed by atoms with Gasteiger partial charge in [-0.05, 0) is 29.7 Å². The molecule has 5 heteroatoms. The second-order valence-electron chi connectivity index (χ2n) is 4.33. The lowest BCUT2D eigenvalue weighted by atomic mass is 10.1. The molecule has 2 rings (SSSR count). The predicted octanol–water partition coefficient (Wildman–Crippen LogP) is 2.71. The molecule has 5 nitrogen and oxygen atoms in total. The monoisotopic (exact) mass is 273 g/mol. The van der Waals surface area contributed by atoms with Crippen LogP contribution in [0, 0.1) is 10.1 Å². The maximum Gasteiger partial charge on any atom is 0.269 e. The summed E-state index contributed by atoms with van der Waals surface area (Å²) in [7, 11) is 0. The van der Waals surface area contributed by atoms with Crippen LogP contribution in [0.25, 0.3) is 0 Å². The van der Waals surface area contributed by atoms with E-state index < -0.39 is 4.92 Å². The first-order chi connectivity index (χ1) is 9.69. The van der Waals surface area contributed by atoms with E-state index >= 15 is 0 Å². The average molecular weight is 273 g/mol. The molecule has 0 unspecified atom stereocenters. The number of ether oxygens (including phenoxy) is 1. The molecule has 2 aromatic carbocycles. The summed E-state index contributed by atoms with van der Waals surface area (Å²) in [5, 5.41) is 19.5. The molecule has 0 aromatic heterocycles. The second-order valence-corrected chi connectivity index (χ2v) is 4.33. The molecule has 0 bridgehead atoms. The van der Waals surface area contributed by atoms with Crippen molar-refractivity contribution in [3.8, 4) is 5.75 Å². The van der Waals surface area contributed by atoms with Crippen LogP contribution in [-0.2, 0) is 13.0 Å². The minimum absolute atomic E-state index is 0.0596. The first kappa shape index (κ1) is 14.0. The molecule has 1 N–H and O–H groups in total. The van der Waals surface area contributed by atoms with Gasteiger partial charge >= 0.3 is 0 Å². The fraction of sp³-hybridized carbons (Fsp3) is 0.200. The van der Waals surface area contributed by atoms with Gasteiger partial charge in [-0.3, -0.25) is 10.1 Å². The number of benzene rings is 2. The van der Waals surface area contributed by atoms with Crippen molar-refractivity contribution in [3.63, 3.8) is 0 Å². The van der Waals surface area contributed by atoms with Crippen molar-refractivity contribution in [3.05, 3.63) is 69.8 Å². The summed E-state index contributed by atoms with van der Waals surface area (Å²) in [5.41, 5.74) is 1.85. The first-order valence-electron chi connectivity index (χ1n) is 6.25. The van der Waals surface area contributed by atoms with Crippen molar-refractivity contribution in [2.75, 3.05) is 6.61 Å². The van der Waals surface area contributed by atoms with Gasteiger partial charge in [0.1, 0.15) is 12.4 Å². The number of hydrogen-bond acceptors (Lipinski definition) is 4. The zero-order chi connectivity index (χ0) is 14.4. The van der Waals surface area contributed by atoms with E-state index in [0.29, 0.717) is 12.2 Å². The van der Waals surface area contributed by atoms with E-state index in [4.69, 9.17) is 9.84 Å². The summed E-state index contributed by atoms with van der Waals surface area (Å²) >= 11 is 0. The molecule has 0 fully saturated rings. The van der Waals surface area contributed by atoms with Gasteiger partial charge in [-0.2, -0.15) is 0 Å². The van der Waals surface area contributed by atoms with E-state index in [-0.39, 0.29) is 18.9 Å². The van der Waals surface area contributed by atoms with Crippen molar-refractivity contribution in [1.82, 2.24) is 0 Å². The number of aliphatic hydroxyl groups is 1.